The SMILES string of the molecule is c1ccc(C2(c3ccccc3)c3cc(N(c4ccc(-c5ccc6oc7ccccc7c6c5)cc4)c4ccc5c(c4)C4(c6ccccc6-5)c5ccccc5-n5c6ccccc6c6cccc4c65)ccc3-c3c2ccc2ccccc32)cc1. The molecule has 13 aromatic carbocycles. The van der Waals surface area contributed by atoms with E-state index in [4.69, 9.17) is 4.42 Å². The van der Waals surface area contributed by atoms with E-state index in [2.05, 4.69) is 295 Å². The van der Waals surface area contributed by atoms with Crippen LogP contribution in [0, 0.1) is 0 Å². The minimum Gasteiger partial charge on any atom is -0.456 e. The van der Waals surface area contributed by atoms with E-state index >= 15 is 0 Å². The Hall–Kier alpha value is -10.5. The van der Waals surface area contributed by atoms with Gasteiger partial charge in [0.25, 0.3) is 0 Å². The van der Waals surface area contributed by atoms with E-state index in [-0.39, 0.29) is 0 Å². The second kappa shape index (κ2) is 16.5. The Morgan fingerprint density at radius 1 is 0.309 bits per heavy atom. The second-order valence-corrected chi connectivity index (χ2v) is 22.2. The molecule has 3 heterocycles. The molecule has 0 amide bonds. The second-order valence-electron chi connectivity index (χ2n) is 22.2. The molecule has 3 heteroatoms. The number of hydrogen-bond acceptors (Lipinski definition) is 2. The molecule has 18 rings (SSSR count). The molecule has 1 atom stereocenters. The number of fused-ring (bicyclic) bond motifs is 20. The predicted octanol–water partition coefficient (Wildman–Crippen LogP) is 20.0. The summed E-state index contributed by atoms with van der Waals surface area (Å²) in [5, 5.41) is 7.28. The van der Waals surface area contributed by atoms with Crippen LogP contribution in [0.25, 0.3) is 93.6 Å². The van der Waals surface area contributed by atoms with Gasteiger partial charge in [-0.15, -0.1) is 0 Å². The summed E-state index contributed by atoms with van der Waals surface area (Å²) >= 11 is 0. The molecule has 3 nitrogen and oxygen atoms in total. The van der Waals surface area contributed by atoms with Crippen LogP contribution in [0.2, 0.25) is 0 Å². The van der Waals surface area contributed by atoms with E-state index in [0.717, 1.165) is 50.1 Å². The van der Waals surface area contributed by atoms with Gasteiger partial charge >= 0.3 is 0 Å². The van der Waals surface area contributed by atoms with Crippen LogP contribution in [0.5, 0.6) is 0 Å². The van der Waals surface area contributed by atoms with E-state index < -0.39 is 10.8 Å². The zero-order chi connectivity index (χ0) is 53.0. The average Bonchev–Trinajstić information content (AvgIpc) is 2.68. The number of para-hydroxylation sites is 4. The Balaban J connectivity index is 0.907. The molecule has 2 aliphatic carbocycles. The summed E-state index contributed by atoms with van der Waals surface area (Å²) in [5.41, 5.74) is 25.1. The van der Waals surface area contributed by atoms with Crippen LogP contribution >= 0.6 is 0 Å². The first-order chi connectivity index (χ1) is 40.2. The van der Waals surface area contributed by atoms with Gasteiger partial charge in [0.15, 0.2) is 0 Å². The van der Waals surface area contributed by atoms with Crippen LogP contribution < -0.4 is 4.90 Å². The van der Waals surface area contributed by atoms with Gasteiger partial charge in [-0.1, -0.05) is 224 Å². The van der Waals surface area contributed by atoms with Crippen molar-refractivity contribution in [2.45, 2.75) is 10.8 Å². The minimum atomic E-state index is -0.621. The van der Waals surface area contributed by atoms with Crippen LogP contribution in [-0.2, 0) is 10.8 Å². The predicted molar refractivity (Wildman–Crippen MR) is 334 cm³/mol. The summed E-state index contributed by atoms with van der Waals surface area (Å²) in [6.45, 7) is 0. The van der Waals surface area contributed by atoms with Crippen molar-refractivity contribution in [2.24, 2.45) is 0 Å². The molecule has 0 saturated carbocycles. The molecular formula is C78H48N2O. The van der Waals surface area contributed by atoms with Crippen molar-refractivity contribution in [1.82, 2.24) is 4.57 Å². The lowest BCUT2D eigenvalue weighted by molar-refractivity contribution is 0.669. The summed E-state index contributed by atoms with van der Waals surface area (Å²) in [7, 11) is 0. The lowest BCUT2D eigenvalue weighted by Crippen LogP contribution is -2.33. The van der Waals surface area contributed by atoms with Gasteiger partial charge in [-0.05, 0) is 155 Å². The molecule has 0 fully saturated rings. The summed E-state index contributed by atoms with van der Waals surface area (Å²) in [6, 6.07) is 109. The molecule has 0 radical (unpaired) electrons. The highest BCUT2D eigenvalue weighted by atomic mass is 16.3. The largest absolute Gasteiger partial charge is 0.456 e. The molecule has 15 aromatic rings. The molecule has 1 aliphatic heterocycles. The van der Waals surface area contributed by atoms with Gasteiger partial charge in [0, 0.05) is 38.6 Å². The van der Waals surface area contributed by atoms with Crippen molar-refractivity contribution >= 4 is 71.6 Å². The van der Waals surface area contributed by atoms with Gasteiger partial charge in [0.1, 0.15) is 11.2 Å². The molecule has 1 spiro atoms. The first kappa shape index (κ1) is 44.5. The van der Waals surface area contributed by atoms with Crippen LogP contribution in [0.1, 0.15) is 44.5 Å². The minimum absolute atomic E-state index is 0.620. The third-order valence-corrected chi connectivity index (χ3v) is 18.5. The normalized spacial score (nSPS) is 15.1. The molecular weight excluding hydrogens is 981 g/mol. The topological polar surface area (TPSA) is 21.3 Å². The third kappa shape index (κ3) is 5.86. The highest BCUT2D eigenvalue weighted by molar-refractivity contribution is 6.13. The van der Waals surface area contributed by atoms with Gasteiger partial charge in [-0.25, -0.2) is 0 Å². The van der Waals surface area contributed by atoms with Crippen molar-refractivity contribution < 1.29 is 4.42 Å². The van der Waals surface area contributed by atoms with E-state index in [0.29, 0.717) is 0 Å². The van der Waals surface area contributed by atoms with Gasteiger partial charge in [-0.2, -0.15) is 0 Å². The maximum Gasteiger partial charge on any atom is 0.135 e. The zero-order valence-corrected chi connectivity index (χ0v) is 44.0. The smallest absolute Gasteiger partial charge is 0.135 e. The van der Waals surface area contributed by atoms with Crippen molar-refractivity contribution in [1.29, 1.82) is 0 Å². The zero-order valence-electron chi connectivity index (χ0n) is 44.0. The Kier molecular flexibility index (Phi) is 9.08. The molecule has 3 aliphatic rings. The summed E-state index contributed by atoms with van der Waals surface area (Å²) in [6.07, 6.45) is 0. The van der Waals surface area contributed by atoms with Gasteiger partial charge in [-0.3, -0.25) is 0 Å². The summed E-state index contributed by atoms with van der Waals surface area (Å²) < 4.78 is 8.82. The highest BCUT2D eigenvalue weighted by Crippen LogP contribution is 2.63. The molecule has 0 bridgehead atoms. The fourth-order valence-corrected chi connectivity index (χ4v) is 15.2. The molecule has 0 N–H and O–H groups in total. The summed E-state index contributed by atoms with van der Waals surface area (Å²) in [4.78, 5) is 2.52. The molecule has 2 aromatic heterocycles. The lowest BCUT2D eigenvalue weighted by Gasteiger charge is -2.40. The number of benzene rings is 13. The van der Waals surface area contributed by atoms with E-state index in [1.54, 1.807) is 0 Å². The molecule has 376 valence electrons. The maximum absolute atomic E-state index is 6.29. The molecule has 0 saturated heterocycles. The number of anilines is 3. The monoisotopic (exact) mass is 1030 g/mol. The van der Waals surface area contributed by atoms with E-state index in [1.807, 2.05) is 6.07 Å². The van der Waals surface area contributed by atoms with Crippen molar-refractivity contribution in [3.8, 4) is 39.1 Å². The maximum atomic E-state index is 6.29. The Labute approximate surface area is 468 Å². The lowest BCUT2D eigenvalue weighted by atomic mass is 9.65. The van der Waals surface area contributed by atoms with E-state index in [1.165, 1.54) is 105 Å². The standard InChI is InChI=1S/C78H48N2O/c1-3-19-52(20-4-1)77(53-21-5-2-6-22-53)67-44-36-50-18-7-8-23-57(50)75(67)63-43-41-56(48-70(63)77)79(54-38-34-49(35-39-54)51-37-45-74-64(46-51)61-26-11-16-33-73(61)81-74)55-40-42-59-58-24-9-12-28-65(58)78(69(59)47-55)66-29-13-15-32-72(66)80-71-31-14-10-25-60(71)62-27-17-30-68(78)76(62)80/h1-48H. The van der Waals surface area contributed by atoms with Crippen molar-refractivity contribution in [3.05, 3.63) is 336 Å². The number of furan rings is 1. The Morgan fingerprint density at radius 3 is 1.69 bits per heavy atom. The number of hydrogen-bond donors (Lipinski definition) is 0. The third-order valence-electron chi connectivity index (χ3n) is 18.5. The van der Waals surface area contributed by atoms with Crippen LogP contribution in [0.3, 0.4) is 0 Å². The fraction of sp³-hybridized carbons (Fsp3) is 0.0256. The Morgan fingerprint density at radius 2 is 0.889 bits per heavy atom. The average molecular weight is 1030 g/mol. The summed E-state index contributed by atoms with van der Waals surface area (Å²) in [5.74, 6) is 0. The van der Waals surface area contributed by atoms with Gasteiger partial charge in [0.2, 0.25) is 0 Å². The molecule has 81 heavy (non-hydrogen) atoms. The fourth-order valence-electron chi connectivity index (χ4n) is 15.2. The van der Waals surface area contributed by atoms with Crippen molar-refractivity contribution in [2.75, 3.05) is 4.90 Å². The number of rotatable bonds is 6. The van der Waals surface area contributed by atoms with Gasteiger partial charge < -0.3 is 13.9 Å². The quantitative estimate of drug-likeness (QED) is 0.166. The van der Waals surface area contributed by atoms with Crippen LogP contribution in [0.15, 0.2) is 296 Å². The van der Waals surface area contributed by atoms with Crippen LogP contribution in [-0.4, -0.2) is 4.57 Å². The van der Waals surface area contributed by atoms with Crippen LogP contribution in [0.4, 0.5) is 17.1 Å². The number of nitrogens with zero attached hydrogens (tertiary/aromatic N) is 2. The molecule has 1 unspecified atom stereocenters. The first-order valence-electron chi connectivity index (χ1n) is 28.1. The Bertz CT molecular complexity index is 5080. The van der Waals surface area contributed by atoms with Crippen molar-refractivity contribution in [3.63, 3.8) is 0 Å². The number of aromatic nitrogens is 1. The van der Waals surface area contributed by atoms with E-state index in [9.17, 15) is 0 Å². The first-order valence-corrected chi connectivity index (χ1v) is 28.1. The van der Waals surface area contributed by atoms with Gasteiger partial charge in [0.05, 0.1) is 27.6 Å². The highest BCUT2D eigenvalue weighted by Gasteiger charge is 2.52.